The van der Waals surface area contributed by atoms with Gasteiger partial charge in [0, 0.05) is 25.6 Å². The van der Waals surface area contributed by atoms with E-state index < -0.39 is 0 Å². The summed E-state index contributed by atoms with van der Waals surface area (Å²) in [5.74, 6) is 1.54. The van der Waals surface area contributed by atoms with Crippen LogP contribution in [-0.4, -0.2) is 33.1 Å². The van der Waals surface area contributed by atoms with Crippen LogP contribution in [0, 0.1) is 5.92 Å². The van der Waals surface area contributed by atoms with Gasteiger partial charge in [0.15, 0.2) is 0 Å². The van der Waals surface area contributed by atoms with Gasteiger partial charge in [-0.3, -0.25) is 4.79 Å². The van der Waals surface area contributed by atoms with Crippen molar-refractivity contribution in [2.24, 2.45) is 5.92 Å². The molecule has 0 atom stereocenters. The summed E-state index contributed by atoms with van der Waals surface area (Å²) in [4.78, 5) is 16.0. The highest BCUT2D eigenvalue weighted by atomic mass is 16.1. The zero-order valence-electron chi connectivity index (χ0n) is 11.2. The quantitative estimate of drug-likeness (QED) is 0.753. The molecule has 1 heterocycles. The molecule has 0 aromatic carbocycles. The molecule has 0 saturated heterocycles. The van der Waals surface area contributed by atoms with Crippen LogP contribution < -0.4 is 5.32 Å². The Labute approximate surface area is 108 Å². The maximum absolute atomic E-state index is 11.8. The number of nitrogens with one attached hydrogen (secondary N) is 1. The second-order valence-electron chi connectivity index (χ2n) is 5.45. The second-order valence-corrected chi connectivity index (χ2v) is 5.45. The zero-order valence-corrected chi connectivity index (χ0v) is 11.2. The van der Waals surface area contributed by atoms with E-state index in [1.165, 1.54) is 19.2 Å². The van der Waals surface area contributed by atoms with Crippen molar-refractivity contribution in [3.05, 3.63) is 12.2 Å². The molecular weight excluding hydrogens is 228 g/mol. The molecule has 1 aliphatic carbocycles. The molecule has 0 radical (unpaired) electrons. The molecule has 1 N–H and O–H groups in total. The number of ketones is 1. The Hall–Kier alpha value is -1.23. The van der Waals surface area contributed by atoms with Crippen LogP contribution in [0.4, 0.5) is 0 Å². The lowest BCUT2D eigenvalue weighted by atomic mass is 10.2. The van der Waals surface area contributed by atoms with Gasteiger partial charge in [-0.05, 0) is 18.8 Å². The first kappa shape index (κ1) is 13.2. The van der Waals surface area contributed by atoms with Gasteiger partial charge in [0.2, 0.25) is 0 Å². The third-order valence-corrected chi connectivity index (χ3v) is 3.00. The molecule has 0 unspecified atom stereocenters. The summed E-state index contributed by atoms with van der Waals surface area (Å²) in [7, 11) is 0. The summed E-state index contributed by atoms with van der Waals surface area (Å²) in [6.45, 7) is 5.88. The molecule has 0 spiro atoms. The van der Waals surface area contributed by atoms with E-state index in [0.29, 0.717) is 24.8 Å². The minimum absolute atomic E-state index is 0.237. The molecule has 100 valence electrons. The Balaban J connectivity index is 1.76. The highest BCUT2D eigenvalue weighted by Crippen LogP contribution is 2.18. The number of rotatable bonds is 8. The number of carbonyl (C=O) groups is 1. The third kappa shape index (κ3) is 4.22. The Morgan fingerprint density at radius 1 is 1.56 bits per heavy atom. The van der Waals surface area contributed by atoms with Crippen LogP contribution >= 0.6 is 0 Å². The second kappa shape index (κ2) is 6.09. The van der Waals surface area contributed by atoms with E-state index in [1.807, 2.05) is 4.68 Å². The summed E-state index contributed by atoms with van der Waals surface area (Å²) in [5.41, 5.74) is 0. The molecule has 2 rings (SSSR count). The molecule has 1 saturated carbocycles. The van der Waals surface area contributed by atoms with Gasteiger partial charge in [0.25, 0.3) is 0 Å². The van der Waals surface area contributed by atoms with Gasteiger partial charge in [-0.1, -0.05) is 13.8 Å². The van der Waals surface area contributed by atoms with Crippen molar-refractivity contribution >= 4 is 5.78 Å². The Morgan fingerprint density at radius 2 is 2.33 bits per heavy atom. The summed E-state index contributed by atoms with van der Waals surface area (Å²) >= 11 is 0. The van der Waals surface area contributed by atoms with E-state index in [2.05, 4.69) is 29.2 Å². The van der Waals surface area contributed by atoms with Gasteiger partial charge in [0.05, 0.1) is 6.42 Å². The minimum atomic E-state index is 0.237. The third-order valence-electron chi connectivity index (χ3n) is 3.00. The topological polar surface area (TPSA) is 59.8 Å². The lowest BCUT2D eigenvalue weighted by Gasteiger charge is -2.08. The maximum Gasteiger partial charge on any atom is 0.141 e. The van der Waals surface area contributed by atoms with E-state index in [4.69, 9.17) is 0 Å². The molecule has 0 aliphatic heterocycles. The largest absolute Gasteiger partial charge is 0.314 e. The maximum atomic E-state index is 11.8. The average Bonchev–Trinajstić information content (AvgIpc) is 3.02. The fourth-order valence-corrected chi connectivity index (χ4v) is 1.89. The molecule has 1 fully saturated rings. The van der Waals surface area contributed by atoms with Gasteiger partial charge >= 0.3 is 0 Å². The monoisotopic (exact) mass is 250 g/mol. The van der Waals surface area contributed by atoms with Crippen molar-refractivity contribution in [2.75, 3.05) is 6.54 Å². The van der Waals surface area contributed by atoms with Crippen molar-refractivity contribution in [1.29, 1.82) is 0 Å². The Kier molecular flexibility index (Phi) is 4.47. The SMILES string of the molecule is CC(C)Cn1ncnc1CC(=O)CCNC1CC1. The van der Waals surface area contributed by atoms with E-state index >= 15 is 0 Å². The molecule has 1 aliphatic rings. The van der Waals surface area contributed by atoms with Crippen LogP contribution in [0.5, 0.6) is 0 Å². The predicted octanol–water partition coefficient (Wildman–Crippen LogP) is 1.19. The summed E-state index contributed by atoms with van der Waals surface area (Å²) in [6, 6.07) is 0.669. The number of hydrogen-bond donors (Lipinski definition) is 1. The fourth-order valence-electron chi connectivity index (χ4n) is 1.89. The summed E-state index contributed by atoms with van der Waals surface area (Å²) < 4.78 is 1.84. The van der Waals surface area contributed by atoms with Gasteiger partial charge < -0.3 is 5.32 Å². The normalized spacial score (nSPS) is 15.3. The standard InChI is InChI=1S/C13H22N4O/c1-10(2)8-17-13(15-9-16-17)7-12(18)5-6-14-11-3-4-11/h9-11,14H,3-8H2,1-2H3. The molecule has 5 nitrogen and oxygen atoms in total. The van der Waals surface area contributed by atoms with Crippen LogP contribution in [0.15, 0.2) is 6.33 Å². The van der Waals surface area contributed by atoms with E-state index in [-0.39, 0.29) is 5.78 Å². The van der Waals surface area contributed by atoms with Gasteiger partial charge in [-0.15, -0.1) is 0 Å². The highest BCUT2D eigenvalue weighted by molar-refractivity contribution is 5.80. The molecule has 5 heteroatoms. The van der Waals surface area contributed by atoms with Crippen LogP contribution in [0.2, 0.25) is 0 Å². The van der Waals surface area contributed by atoms with Crippen LogP contribution in [0.1, 0.15) is 38.9 Å². The van der Waals surface area contributed by atoms with Crippen molar-refractivity contribution in [2.45, 2.75) is 52.1 Å². The lowest BCUT2D eigenvalue weighted by molar-refractivity contribution is -0.118. The molecule has 1 aromatic heterocycles. The first-order chi connectivity index (χ1) is 8.65. The first-order valence-electron chi connectivity index (χ1n) is 6.77. The average molecular weight is 250 g/mol. The van der Waals surface area contributed by atoms with E-state index in [0.717, 1.165) is 18.9 Å². The smallest absolute Gasteiger partial charge is 0.141 e. The van der Waals surface area contributed by atoms with Crippen molar-refractivity contribution < 1.29 is 4.79 Å². The van der Waals surface area contributed by atoms with Gasteiger partial charge in [-0.25, -0.2) is 9.67 Å². The Morgan fingerprint density at radius 3 is 3.00 bits per heavy atom. The minimum Gasteiger partial charge on any atom is -0.314 e. The van der Waals surface area contributed by atoms with Crippen LogP contribution in [0.3, 0.4) is 0 Å². The first-order valence-corrected chi connectivity index (χ1v) is 6.77. The number of aromatic nitrogens is 3. The van der Waals surface area contributed by atoms with Gasteiger partial charge in [-0.2, -0.15) is 5.10 Å². The Bertz CT molecular complexity index is 395. The van der Waals surface area contributed by atoms with E-state index in [9.17, 15) is 4.79 Å². The highest BCUT2D eigenvalue weighted by Gasteiger charge is 2.20. The van der Waals surface area contributed by atoms with Crippen LogP contribution in [-0.2, 0) is 17.8 Å². The molecule has 0 bridgehead atoms. The lowest BCUT2D eigenvalue weighted by Crippen LogP contribution is -2.22. The zero-order chi connectivity index (χ0) is 13.0. The molecule has 18 heavy (non-hydrogen) atoms. The number of hydrogen-bond acceptors (Lipinski definition) is 4. The molecule has 0 amide bonds. The summed E-state index contributed by atoms with van der Waals surface area (Å²) in [6.07, 6.45) is 5.05. The van der Waals surface area contributed by atoms with E-state index in [1.54, 1.807) is 0 Å². The van der Waals surface area contributed by atoms with Gasteiger partial charge in [0.1, 0.15) is 17.9 Å². The number of nitrogens with zero attached hydrogens (tertiary/aromatic N) is 3. The predicted molar refractivity (Wildman–Crippen MR) is 69.2 cm³/mol. The van der Waals surface area contributed by atoms with Crippen molar-refractivity contribution in [3.63, 3.8) is 0 Å². The molecule has 1 aromatic rings. The van der Waals surface area contributed by atoms with Crippen molar-refractivity contribution in [1.82, 2.24) is 20.1 Å². The fraction of sp³-hybridized carbons (Fsp3) is 0.769. The van der Waals surface area contributed by atoms with Crippen LogP contribution in [0.25, 0.3) is 0 Å². The van der Waals surface area contributed by atoms with Crippen molar-refractivity contribution in [3.8, 4) is 0 Å². The molecular formula is C13H22N4O. The number of Topliss-reactive ketones (excluding diaryl/α,β-unsaturated/α-hetero) is 1. The summed E-state index contributed by atoms with van der Waals surface area (Å²) in [5, 5.41) is 7.52. The number of carbonyl (C=O) groups excluding carboxylic acids is 1.